The van der Waals surface area contributed by atoms with Crippen molar-refractivity contribution in [2.75, 3.05) is 26.4 Å². The Kier molecular flexibility index (Phi) is 53.6. The molecule has 19 heteroatoms. The summed E-state index contributed by atoms with van der Waals surface area (Å²) in [5.74, 6) is -0.267. The molecule has 95 heavy (non-hydrogen) atoms. The van der Waals surface area contributed by atoms with E-state index in [2.05, 4.69) is 19.2 Å². The van der Waals surface area contributed by atoms with Crippen molar-refractivity contribution in [3.63, 3.8) is 0 Å². The van der Waals surface area contributed by atoms with Gasteiger partial charge in [0.25, 0.3) is 0 Å². The van der Waals surface area contributed by atoms with E-state index in [1.54, 1.807) is 6.08 Å². The molecule has 0 aromatic rings. The van der Waals surface area contributed by atoms with E-state index < -0.39 is 124 Å². The molecule has 0 saturated carbocycles. The molecule has 0 aromatic carbocycles. The zero-order valence-corrected chi connectivity index (χ0v) is 59.9. The van der Waals surface area contributed by atoms with Crippen LogP contribution in [0.2, 0.25) is 0 Å². The molecule has 3 aliphatic rings. The number of unbranched alkanes of at least 4 members (excludes halogenated alkanes) is 47. The summed E-state index contributed by atoms with van der Waals surface area (Å²) < 4.78 is 34.4. The molecule has 3 heterocycles. The summed E-state index contributed by atoms with van der Waals surface area (Å²) in [6.45, 7) is 1.80. The third-order valence-electron chi connectivity index (χ3n) is 20.1. The van der Waals surface area contributed by atoms with E-state index in [0.717, 1.165) is 44.9 Å². The predicted molar refractivity (Wildman–Crippen MR) is 374 cm³/mol. The summed E-state index contributed by atoms with van der Waals surface area (Å²) in [7, 11) is 0. The maximum Gasteiger partial charge on any atom is 0.220 e. The Morgan fingerprint density at radius 3 is 0.989 bits per heavy atom. The van der Waals surface area contributed by atoms with Crippen LogP contribution in [-0.2, 0) is 33.2 Å². The molecule has 0 spiro atoms. The summed E-state index contributed by atoms with van der Waals surface area (Å²) in [5, 5.41) is 121. The van der Waals surface area contributed by atoms with Gasteiger partial charge < -0.3 is 89.9 Å². The molecule has 3 fully saturated rings. The number of aliphatic hydroxyl groups excluding tert-OH is 11. The Morgan fingerprint density at radius 2 is 0.653 bits per heavy atom. The van der Waals surface area contributed by atoms with Crippen molar-refractivity contribution in [1.29, 1.82) is 0 Å². The number of carbonyl (C=O) groups excluding carboxylic acids is 1. The van der Waals surface area contributed by atoms with Crippen molar-refractivity contribution in [2.24, 2.45) is 0 Å². The zero-order chi connectivity index (χ0) is 68.9. The van der Waals surface area contributed by atoms with Crippen LogP contribution in [0.15, 0.2) is 12.2 Å². The van der Waals surface area contributed by atoms with Gasteiger partial charge in [0.1, 0.15) is 73.2 Å². The van der Waals surface area contributed by atoms with Crippen LogP contribution in [0.3, 0.4) is 0 Å². The highest BCUT2D eigenvalue weighted by atomic mass is 16.8. The highest BCUT2D eigenvalue weighted by Gasteiger charge is 2.53. The van der Waals surface area contributed by atoms with Crippen LogP contribution in [0.4, 0.5) is 0 Å². The first-order valence-electron chi connectivity index (χ1n) is 39.4. The topological polar surface area (TPSA) is 307 Å². The number of hydrogen-bond acceptors (Lipinski definition) is 18. The fraction of sp³-hybridized carbons (Fsp3) is 0.961. The van der Waals surface area contributed by atoms with Crippen molar-refractivity contribution >= 4 is 5.91 Å². The molecule has 12 N–H and O–H groups in total. The maximum absolute atomic E-state index is 13.5. The maximum atomic E-state index is 13.5. The first-order valence-corrected chi connectivity index (χ1v) is 39.4. The summed E-state index contributed by atoms with van der Waals surface area (Å²) in [5.41, 5.74) is 0. The lowest BCUT2D eigenvalue weighted by Crippen LogP contribution is -2.66. The minimum Gasteiger partial charge on any atom is -0.394 e. The molecule has 0 aliphatic carbocycles. The molecule has 3 aliphatic heterocycles. The van der Waals surface area contributed by atoms with Gasteiger partial charge in [0.05, 0.1) is 38.6 Å². The lowest BCUT2D eigenvalue weighted by atomic mass is 9.96. The number of rotatable bonds is 63. The van der Waals surface area contributed by atoms with Crippen LogP contribution in [0.1, 0.15) is 335 Å². The normalized spacial score (nSPS) is 27.2. The van der Waals surface area contributed by atoms with E-state index >= 15 is 0 Å². The SMILES string of the molecule is CCCCCCCCCCCCCCCCCCCCC/C=C/C(O)C(COC1OC(CO)C(OC2OC(CO)C(OC3OC(CO)C(O)C(O)C3O)C(O)C2O)C(O)C1O)NC(=O)CCCCCCCCCCCCCCCCCCCCCCCCCCCCCCC. The fourth-order valence-electron chi connectivity index (χ4n) is 13.7. The standard InChI is InChI=1S/C76H145NO18/c1-3-5-7-9-11-13-15-17-19-21-23-25-26-27-28-29-30-31-32-34-36-38-40-42-44-46-48-50-52-54-64(82)77-59(60(81)53-51-49-47-45-43-41-39-37-35-33-24-22-20-18-16-14-12-10-8-6-4-2)58-90-74-70(88)67(85)72(62(56-79)92-74)95-76-71(89)68(86)73(63(57-80)93-76)94-75-69(87)66(84)65(83)61(55-78)91-75/h51,53,59-63,65-76,78-81,83-89H,3-50,52,54-58H2,1-2H3,(H,77,82)/b53-51+. The van der Waals surface area contributed by atoms with Gasteiger partial charge in [0.15, 0.2) is 18.9 Å². The molecule has 17 unspecified atom stereocenters. The van der Waals surface area contributed by atoms with Crippen LogP contribution < -0.4 is 5.32 Å². The molecule has 0 radical (unpaired) electrons. The Balaban J connectivity index is 1.38. The van der Waals surface area contributed by atoms with Gasteiger partial charge in [-0.3, -0.25) is 4.79 Å². The van der Waals surface area contributed by atoms with Crippen LogP contribution in [0, 0.1) is 0 Å². The first-order chi connectivity index (χ1) is 46.3. The van der Waals surface area contributed by atoms with Crippen molar-refractivity contribution in [2.45, 2.75) is 439 Å². The Hall–Kier alpha value is -1.47. The molecule has 1 amide bonds. The van der Waals surface area contributed by atoms with E-state index in [4.69, 9.17) is 28.4 Å². The number of allylic oxidation sites excluding steroid dienone is 1. The summed E-state index contributed by atoms with van der Waals surface area (Å²) in [6.07, 6.45) is 40.6. The van der Waals surface area contributed by atoms with Gasteiger partial charge >= 0.3 is 0 Å². The van der Waals surface area contributed by atoms with E-state index in [1.165, 1.54) is 263 Å². The Bertz CT molecular complexity index is 1770. The van der Waals surface area contributed by atoms with Crippen LogP contribution in [-0.4, -0.2) is 193 Å². The van der Waals surface area contributed by atoms with E-state index in [9.17, 15) is 61.0 Å². The second kappa shape index (κ2) is 58.1. The van der Waals surface area contributed by atoms with Crippen molar-refractivity contribution in [1.82, 2.24) is 5.32 Å². The Morgan fingerprint density at radius 1 is 0.368 bits per heavy atom. The number of amides is 1. The number of hydrogen-bond donors (Lipinski definition) is 12. The van der Waals surface area contributed by atoms with Crippen molar-refractivity contribution in [3.8, 4) is 0 Å². The van der Waals surface area contributed by atoms with Crippen LogP contribution in [0.5, 0.6) is 0 Å². The van der Waals surface area contributed by atoms with E-state index in [0.29, 0.717) is 6.42 Å². The van der Waals surface area contributed by atoms with Crippen LogP contribution in [0.25, 0.3) is 0 Å². The molecule has 562 valence electrons. The van der Waals surface area contributed by atoms with E-state index in [1.807, 2.05) is 6.08 Å². The second-order valence-corrected chi connectivity index (χ2v) is 28.5. The highest BCUT2D eigenvalue weighted by molar-refractivity contribution is 5.76. The third-order valence-corrected chi connectivity index (χ3v) is 20.1. The summed E-state index contributed by atoms with van der Waals surface area (Å²) >= 11 is 0. The second-order valence-electron chi connectivity index (χ2n) is 28.5. The average Bonchev–Trinajstić information content (AvgIpc) is 0.787. The molecule has 19 nitrogen and oxygen atoms in total. The quantitative estimate of drug-likeness (QED) is 0.0199. The third kappa shape index (κ3) is 39.0. The molecular weight excluding hydrogens is 1210 g/mol. The van der Waals surface area contributed by atoms with Gasteiger partial charge in [0, 0.05) is 6.42 Å². The van der Waals surface area contributed by atoms with Gasteiger partial charge in [-0.2, -0.15) is 0 Å². The summed E-state index contributed by atoms with van der Waals surface area (Å²) in [6, 6.07) is -0.970. The van der Waals surface area contributed by atoms with Crippen molar-refractivity contribution in [3.05, 3.63) is 12.2 Å². The number of ether oxygens (including phenoxy) is 6. The van der Waals surface area contributed by atoms with Crippen molar-refractivity contribution < 1.29 is 89.4 Å². The predicted octanol–water partition coefficient (Wildman–Crippen LogP) is 12.4. The Labute approximate surface area is 576 Å². The number of carbonyl (C=O) groups is 1. The lowest BCUT2D eigenvalue weighted by molar-refractivity contribution is -0.379. The summed E-state index contributed by atoms with van der Waals surface area (Å²) in [4.78, 5) is 13.5. The number of nitrogens with one attached hydrogen (secondary N) is 1. The minimum absolute atomic E-state index is 0.250. The monoisotopic (exact) mass is 1360 g/mol. The van der Waals surface area contributed by atoms with Gasteiger partial charge in [-0.1, -0.05) is 321 Å². The molecule has 17 atom stereocenters. The molecule has 0 aromatic heterocycles. The average molecular weight is 1360 g/mol. The molecule has 3 saturated heterocycles. The molecular formula is C76H145NO18. The van der Waals surface area contributed by atoms with Crippen LogP contribution >= 0.6 is 0 Å². The van der Waals surface area contributed by atoms with E-state index in [-0.39, 0.29) is 18.9 Å². The van der Waals surface area contributed by atoms with Gasteiger partial charge in [0.2, 0.25) is 5.91 Å². The zero-order valence-electron chi connectivity index (χ0n) is 59.9. The smallest absolute Gasteiger partial charge is 0.220 e. The number of aliphatic hydroxyl groups is 11. The lowest BCUT2D eigenvalue weighted by Gasteiger charge is -2.48. The fourth-order valence-corrected chi connectivity index (χ4v) is 13.7. The first kappa shape index (κ1) is 87.7. The largest absolute Gasteiger partial charge is 0.394 e. The minimum atomic E-state index is -1.98. The van der Waals surface area contributed by atoms with Gasteiger partial charge in [-0.05, 0) is 19.3 Å². The van der Waals surface area contributed by atoms with Gasteiger partial charge in [-0.15, -0.1) is 0 Å². The van der Waals surface area contributed by atoms with Gasteiger partial charge in [-0.25, -0.2) is 0 Å². The molecule has 0 bridgehead atoms. The highest BCUT2D eigenvalue weighted by Crippen LogP contribution is 2.33. The molecule has 3 rings (SSSR count).